The molecule has 0 bridgehead atoms. The number of carbonyl (C=O) groups is 1. The Hall–Kier alpha value is -1.85. The van der Waals surface area contributed by atoms with E-state index in [4.69, 9.17) is 11.5 Å². The maximum atomic E-state index is 11.3. The average molecular weight is 263 g/mol. The van der Waals surface area contributed by atoms with Crippen LogP contribution in [-0.2, 0) is 11.2 Å². The monoisotopic (exact) mass is 263 g/mol. The van der Waals surface area contributed by atoms with E-state index in [1.54, 1.807) is 6.07 Å². The molecule has 0 aromatic carbocycles. The van der Waals surface area contributed by atoms with Crippen LogP contribution in [0.1, 0.15) is 32.0 Å². The highest BCUT2D eigenvalue weighted by atomic mass is 16.1. The molecule has 104 valence electrons. The highest BCUT2D eigenvalue weighted by Crippen LogP contribution is 2.22. The zero-order valence-corrected chi connectivity index (χ0v) is 11.3. The first-order valence-corrected chi connectivity index (χ1v) is 6.78. The van der Waals surface area contributed by atoms with Crippen LogP contribution in [0.2, 0.25) is 0 Å². The van der Waals surface area contributed by atoms with Crippen molar-refractivity contribution in [2.75, 3.05) is 23.7 Å². The molecule has 1 atom stereocenters. The maximum absolute atomic E-state index is 11.3. The van der Waals surface area contributed by atoms with Gasteiger partial charge in [-0.2, -0.15) is 0 Å². The number of rotatable bonds is 4. The third kappa shape index (κ3) is 3.33. The van der Waals surface area contributed by atoms with Crippen molar-refractivity contribution in [2.45, 2.75) is 32.6 Å². The molecule has 19 heavy (non-hydrogen) atoms. The molecule has 0 aliphatic carbocycles. The van der Waals surface area contributed by atoms with Gasteiger partial charge in [0.25, 0.3) is 0 Å². The van der Waals surface area contributed by atoms with Gasteiger partial charge in [0.1, 0.15) is 17.5 Å². The van der Waals surface area contributed by atoms with Crippen LogP contribution >= 0.6 is 0 Å². The summed E-state index contributed by atoms with van der Waals surface area (Å²) in [6, 6.07) is 1.77. The molecule has 6 heteroatoms. The molecule has 1 unspecified atom stereocenters. The Kier molecular flexibility index (Phi) is 4.19. The number of nitrogen functional groups attached to an aromatic ring is 1. The number of hydrogen-bond acceptors (Lipinski definition) is 5. The van der Waals surface area contributed by atoms with Crippen molar-refractivity contribution in [2.24, 2.45) is 11.7 Å². The zero-order chi connectivity index (χ0) is 13.8. The Morgan fingerprint density at radius 1 is 1.53 bits per heavy atom. The summed E-state index contributed by atoms with van der Waals surface area (Å²) in [4.78, 5) is 22.1. The average Bonchev–Trinajstić information content (AvgIpc) is 2.38. The lowest BCUT2D eigenvalue weighted by molar-refractivity contribution is -0.122. The van der Waals surface area contributed by atoms with Crippen LogP contribution in [0, 0.1) is 5.92 Å². The molecule has 1 aromatic heterocycles. The van der Waals surface area contributed by atoms with Crippen LogP contribution < -0.4 is 16.4 Å². The van der Waals surface area contributed by atoms with E-state index in [2.05, 4.69) is 21.8 Å². The van der Waals surface area contributed by atoms with E-state index in [0.717, 1.165) is 43.9 Å². The van der Waals surface area contributed by atoms with Crippen LogP contribution in [-0.4, -0.2) is 29.0 Å². The summed E-state index contributed by atoms with van der Waals surface area (Å²) in [5.41, 5.74) is 11.2. The number of anilines is 2. The Morgan fingerprint density at radius 2 is 2.32 bits per heavy atom. The fourth-order valence-electron chi connectivity index (χ4n) is 2.42. The summed E-state index contributed by atoms with van der Waals surface area (Å²) >= 11 is 0. The lowest BCUT2D eigenvalue weighted by atomic mass is 9.97. The highest BCUT2D eigenvalue weighted by Gasteiger charge is 2.25. The SMILES string of the molecule is CCCc1nc(N)cc(N2CCCC(C(N)=O)C2)n1. The molecular weight excluding hydrogens is 242 g/mol. The van der Waals surface area contributed by atoms with Gasteiger partial charge in [0, 0.05) is 25.6 Å². The second kappa shape index (κ2) is 5.86. The standard InChI is InChI=1S/C13H21N5O/c1-2-4-11-16-10(14)7-12(17-11)18-6-3-5-9(8-18)13(15)19/h7,9H,2-6,8H2,1H3,(H2,15,19)(H2,14,16,17). The number of carbonyl (C=O) groups excluding carboxylic acids is 1. The predicted molar refractivity (Wildman–Crippen MR) is 74.6 cm³/mol. The topological polar surface area (TPSA) is 98.1 Å². The van der Waals surface area contributed by atoms with Crippen LogP contribution in [0.3, 0.4) is 0 Å². The van der Waals surface area contributed by atoms with E-state index in [-0.39, 0.29) is 11.8 Å². The summed E-state index contributed by atoms with van der Waals surface area (Å²) < 4.78 is 0. The molecule has 6 nitrogen and oxygen atoms in total. The molecule has 2 heterocycles. The van der Waals surface area contributed by atoms with Crippen molar-refractivity contribution in [3.8, 4) is 0 Å². The van der Waals surface area contributed by atoms with E-state index >= 15 is 0 Å². The summed E-state index contributed by atoms with van der Waals surface area (Å²) in [6.07, 6.45) is 3.59. The number of piperidine rings is 1. The van der Waals surface area contributed by atoms with Gasteiger partial charge in [-0.15, -0.1) is 0 Å². The smallest absolute Gasteiger partial charge is 0.222 e. The number of aryl methyl sites for hydroxylation is 1. The van der Waals surface area contributed by atoms with E-state index < -0.39 is 0 Å². The van der Waals surface area contributed by atoms with Crippen LogP contribution in [0.5, 0.6) is 0 Å². The van der Waals surface area contributed by atoms with Gasteiger partial charge in [-0.1, -0.05) is 6.92 Å². The third-order valence-electron chi connectivity index (χ3n) is 3.40. The van der Waals surface area contributed by atoms with Gasteiger partial charge < -0.3 is 16.4 Å². The number of amides is 1. The maximum Gasteiger partial charge on any atom is 0.222 e. The summed E-state index contributed by atoms with van der Waals surface area (Å²) in [7, 11) is 0. The Balaban J connectivity index is 2.18. The second-order valence-electron chi connectivity index (χ2n) is 5.00. The van der Waals surface area contributed by atoms with E-state index in [0.29, 0.717) is 12.4 Å². The number of aromatic nitrogens is 2. The van der Waals surface area contributed by atoms with Crippen molar-refractivity contribution < 1.29 is 4.79 Å². The van der Waals surface area contributed by atoms with Crippen LogP contribution in [0.15, 0.2) is 6.07 Å². The van der Waals surface area contributed by atoms with Gasteiger partial charge in [0.05, 0.1) is 5.92 Å². The molecule has 1 amide bonds. The van der Waals surface area contributed by atoms with Crippen LogP contribution in [0.25, 0.3) is 0 Å². The van der Waals surface area contributed by atoms with E-state index in [1.165, 1.54) is 0 Å². The Morgan fingerprint density at radius 3 is 3.00 bits per heavy atom. The van der Waals surface area contributed by atoms with Crippen molar-refractivity contribution in [1.29, 1.82) is 0 Å². The number of nitrogens with zero attached hydrogens (tertiary/aromatic N) is 3. The van der Waals surface area contributed by atoms with Crippen molar-refractivity contribution in [1.82, 2.24) is 9.97 Å². The summed E-state index contributed by atoms with van der Waals surface area (Å²) in [6.45, 7) is 3.58. The van der Waals surface area contributed by atoms with Gasteiger partial charge in [-0.05, 0) is 19.3 Å². The Bertz CT molecular complexity index is 462. The first kappa shape index (κ1) is 13.6. The quantitative estimate of drug-likeness (QED) is 0.833. The Labute approximate surface area is 113 Å². The second-order valence-corrected chi connectivity index (χ2v) is 5.00. The summed E-state index contributed by atoms with van der Waals surface area (Å²) in [5, 5.41) is 0. The zero-order valence-electron chi connectivity index (χ0n) is 11.3. The van der Waals surface area contributed by atoms with Crippen LogP contribution in [0.4, 0.5) is 11.6 Å². The molecule has 0 spiro atoms. The fraction of sp³-hybridized carbons (Fsp3) is 0.615. The molecule has 1 aliphatic rings. The number of hydrogen-bond donors (Lipinski definition) is 2. The first-order chi connectivity index (χ1) is 9.10. The van der Waals surface area contributed by atoms with Gasteiger partial charge in [0.2, 0.25) is 5.91 Å². The number of nitrogens with two attached hydrogens (primary N) is 2. The van der Waals surface area contributed by atoms with Gasteiger partial charge in [0.15, 0.2) is 0 Å². The van der Waals surface area contributed by atoms with E-state index in [9.17, 15) is 4.79 Å². The lowest BCUT2D eigenvalue weighted by Crippen LogP contribution is -2.41. The molecule has 1 saturated heterocycles. The number of primary amides is 1. The highest BCUT2D eigenvalue weighted by molar-refractivity contribution is 5.77. The molecule has 1 fully saturated rings. The fourth-order valence-corrected chi connectivity index (χ4v) is 2.42. The lowest BCUT2D eigenvalue weighted by Gasteiger charge is -2.32. The van der Waals surface area contributed by atoms with Gasteiger partial charge >= 0.3 is 0 Å². The third-order valence-corrected chi connectivity index (χ3v) is 3.40. The predicted octanol–water partition coefficient (Wildman–Crippen LogP) is 0.713. The summed E-state index contributed by atoms with van der Waals surface area (Å²) in [5.74, 6) is 1.72. The molecule has 4 N–H and O–H groups in total. The minimum absolute atomic E-state index is 0.0976. The minimum atomic E-state index is -0.236. The molecule has 1 aliphatic heterocycles. The molecule has 0 radical (unpaired) electrons. The van der Waals surface area contributed by atoms with Gasteiger partial charge in [-0.25, -0.2) is 9.97 Å². The van der Waals surface area contributed by atoms with Crippen molar-refractivity contribution in [3.05, 3.63) is 11.9 Å². The molecular formula is C13H21N5O. The minimum Gasteiger partial charge on any atom is -0.384 e. The van der Waals surface area contributed by atoms with Crippen molar-refractivity contribution in [3.63, 3.8) is 0 Å². The molecule has 2 rings (SSSR count). The van der Waals surface area contributed by atoms with Crippen molar-refractivity contribution >= 4 is 17.5 Å². The van der Waals surface area contributed by atoms with E-state index in [1.807, 2.05) is 0 Å². The normalized spacial score (nSPS) is 19.4. The molecule has 0 saturated carbocycles. The molecule has 1 aromatic rings. The van der Waals surface area contributed by atoms with Gasteiger partial charge in [-0.3, -0.25) is 4.79 Å². The first-order valence-electron chi connectivity index (χ1n) is 6.78. The largest absolute Gasteiger partial charge is 0.384 e.